The lowest BCUT2D eigenvalue weighted by Crippen LogP contribution is -2.39. The van der Waals surface area contributed by atoms with E-state index in [1.54, 1.807) is 0 Å². The van der Waals surface area contributed by atoms with Gasteiger partial charge in [-0.25, -0.2) is 0 Å². The fourth-order valence-electron chi connectivity index (χ4n) is 0.727. The van der Waals surface area contributed by atoms with Crippen LogP contribution >= 0.6 is 0 Å². The van der Waals surface area contributed by atoms with Crippen LogP contribution in [0, 0.1) is 0 Å². The lowest BCUT2D eigenvalue weighted by molar-refractivity contribution is -0.141. The molecule has 3 N–H and O–H groups in total. The van der Waals surface area contributed by atoms with E-state index in [9.17, 15) is 14.4 Å². The van der Waals surface area contributed by atoms with Gasteiger partial charge in [0.15, 0.2) is 0 Å². The average molecular weight is 202 g/mol. The molecule has 1 atom stereocenters. The normalized spacial score (nSPS) is 11.6. The molecular formula is C8H14N2O4. The summed E-state index contributed by atoms with van der Waals surface area (Å²) in [5.41, 5.74) is 0. The summed E-state index contributed by atoms with van der Waals surface area (Å²) in [7, 11) is 0. The Hall–Kier alpha value is -1.59. The third-order valence-corrected chi connectivity index (χ3v) is 1.47. The Bertz CT molecular complexity index is 239. The van der Waals surface area contributed by atoms with E-state index < -0.39 is 17.9 Å². The Morgan fingerprint density at radius 1 is 1.36 bits per heavy atom. The summed E-state index contributed by atoms with van der Waals surface area (Å²) in [4.78, 5) is 31.8. The average Bonchev–Trinajstić information content (AvgIpc) is 2.02. The predicted molar refractivity (Wildman–Crippen MR) is 48.5 cm³/mol. The van der Waals surface area contributed by atoms with Crippen molar-refractivity contribution in [3.63, 3.8) is 0 Å². The summed E-state index contributed by atoms with van der Waals surface area (Å²) in [6.07, 6.45) is 0.0806. The number of hydrogen-bond donors (Lipinski definition) is 3. The van der Waals surface area contributed by atoms with Crippen LogP contribution in [0.3, 0.4) is 0 Å². The van der Waals surface area contributed by atoms with Crippen LogP contribution in [0.25, 0.3) is 0 Å². The monoisotopic (exact) mass is 202 g/mol. The second-order valence-corrected chi connectivity index (χ2v) is 2.86. The highest BCUT2D eigenvalue weighted by molar-refractivity contribution is 5.83. The van der Waals surface area contributed by atoms with Crippen molar-refractivity contribution in [1.29, 1.82) is 0 Å². The Morgan fingerprint density at radius 2 is 1.93 bits per heavy atom. The van der Waals surface area contributed by atoms with E-state index >= 15 is 0 Å². The molecule has 0 rings (SSSR count). The summed E-state index contributed by atoms with van der Waals surface area (Å²) >= 11 is 0. The zero-order valence-corrected chi connectivity index (χ0v) is 8.16. The molecule has 0 heterocycles. The van der Waals surface area contributed by atoms with Crippen molar-refractivity contribution in [2.75, 3.05) is 6.54 Å². The Labute approximate surface area is 81.7 Å². The molecule has 0 saturated heterocycles. The minimum absolute atomic E-state index is 0.0806. The van der Waals surface area contributed by atoms with Gasteiger partial charge >= 0.3 is 5.97 Å². The van der Waals surface area contributed by atoms with Gasteiger partial charge in [0.2, 0.25) is 11.8 Å². The van der Waals surface area contributed by atoms with E-state index in [0.717, 1.165) is 0 Å². The molecule has 1 unspecified atom stereocenters. The number of aliphatic carboxylic acids is 1. The van der Waals surface area contributed by atoms with Gasteiger partial charge in [-0.2, -0.15) is 0 Å². The number of hydrogen-bond acceptors (Lipinski definition) is 3. The lowest BCUT2D eigenvalue weighted by Gasteiger charge is -2.08. The Kier molecular flexibility index (Phi) is 5.28. The molecule has 0 fully saturated rings. The molecule has 6 nitrogen and oxygen atoms in total. The van der Waals surface area contributed by atoms with Crippen molar-refractivity contribution in [2.24, 2.45) is 0 Å². The summed E-state index contributed by atoms with van der Waals surface area (Å²) < 4.78 is 0. The van der Waals surface area contributed by atoms with Gasteiger partial charge in [0.25, 0.3) is 0 Å². The van der Waals surface area contributed by atoms with Gasteiger partial charge in [0, 0.05) is 19.9 Å². The lowest BCUT2D eigenvalue weighted by atomic mass is 10.3. The third kappa shape index (κ3) is 5.99. The predicted octanol–water partition coefficient (Wildman–Crippen LogP) is -0.898. The second kappa shape index (κ2) is 5.95. The van der Waals surface area contributed by atoms with E-state index in [-0.39, 0.29) is 18.9 Å². The van der Waals surface area contributed by atoms with Gasteiger partial charge in [-0.15, -0.1) is 0 Å². The van der Waals surface area contributed by atoms with Crippen LogP contribution in [0.5, 0.6) is 0 Å². The molecule has 0 aliphatic carbocycles. The first-order valence-corrected chi connectivity index (χ1v) is 4.20. The fraction of sp³-hybridized carbons (Fsp3) is 0.625. The number of nitrogens with one attached hydrogen (secondary N) is 2. The summed E-state index contributed by atoms with van der Waals surface area (Å²) in [6, 6.07) is -0.903. The van der Waals surface area contributed by atoms with Crippen LogP contribution in [0.4, 0.5) is 0 Å². The quantitative estimate of drug-likeness (QED) is 0.538. The van der Waals surface area contributed by atoms with Gasteiger partial charge < -0.3 is 15.7 Å². The van der Waals surface area contributed by atoms with Crippen LogP contribution in [0.15, 0.2) is 0 Å². The molecule has 0 radical (unpaired) electrons. The van der Waals surface area contributed by atoms with E-state index in [4.69, 9.17) is 5.11 Å². The van der Waals surface area contributed by atoms with Crippen molar-refractivity contribution < 1.29 is 19.5 Å². The molecule has 0 spiro atoms. The van der Waals surface area contributed by atoms with Gasteiger partial charge in [-0.1, -0.05) is 0 Å². The van der Waals surface area contributed by atoms with Crippen molar-refractivity contribution in [2.45, 2.75) is 26.3 Å². The highest BCUT2D eigenvalue weighted by Gasteiger charge is 2.13. The molecule has 0 bridgehead atoms. The van der Waals surface area contributed by atoms with Crippen LogP contribution in [-0.2, 0) is 14.4 Å². The first-order valence-electron chi connectivity index (χ1n) is 4.20. The van der Waals surface area contributed by atoms with Crippen molar-refractivity contribution in [1.82, 2.24) is 10.6 Å². The maximum Gasteiger partial charge on any atom is 0.325 e. The molecule has 0 saturated carbocycles. The second-order valence-electron chi connectivity index (χ2n) is 2.86. The zero-order valence-electron chi connectivity index (χ0n) is 8.16. The Morgan fingerprint density at radius 3 is 2.36 bits per heavy atom. The molecule has 0 aromatic carbocycles. The maximum atomic E-state index is 11.0. The summed E-state index contributed by atoms with van der Waals surface area (Å²) in [5, 5.41) is 13.2. The van der Waals surface area contributed by atoms with Gasteiger partial charge in [-0.3, -0.25) is 14.4 Å². The van der Waals surface area contributed by atoms with Crippen molar-refractivity contribution in [3.05, 3.63) is 0 Å². The molecule has 14 heavy (non-hydrogen) atoms. The largest absolute Gasteiger partial charge is 0.480 e. The summed E-state index contributed by atoms with van der Waals surface area (Å²) in [6.45, 7) is 2.93. The van der Waals surface area contributed by atoms with E-state index in [0.29, 0.717) is 0 Å². The SMILES string of the molecule is CC(=O)NCCC(=O)NC(C)C(=O)O. The van der Waals surface area contributed by atoms with Crippen LogP contribution in [-0.4, -0.2) is 35.5 Å². The summed E-state index contributed by atoms with van der Waals surface area (Å²) in [5.74, 6) is -1.70. The maximum absolute atomic E-state index is 11.0. The number of carboxylic acid groups (broad SMARTS) is 1. The number of carbonyl (C=O) groups is 3. The standard InChI is InChI=1S/C8H14N2O4/c1-5(8(13)14)10-7(12)3-4-9-6(2)11/h5H,3-4H2,1-2H3,(H,9,11)(H,10,12)(H,13,14). The van der Waals surface area contributed by atoms with Gasteiger partial charge in [0.1, 0.15) is 6.04 Å². The zero-order chi connectivity index (χ0) is 11.1. The van der Waals surface area contributed by atoms with Gasteiger partial charge in [-0.05, 0) is 6.92 Å². The minimum atomic E-state index is -1.09. The first kappa shape index (κ1) is 12.4. The number of carboxylic acids is 1. The first-order chi connectivity index (χ1) is 6.43. The molecule has 0 aliphatic heterocycles. The smallest absolute Gasteiger partial charge is 0.325 e. The van der Waals surface area contributed by atoms with E-state index in [1.807, 2.05) is 0 Å². The van der Waals surface area contributed by atoms with E-state index in [1.165, 1.54) is 13.8 Å². The molecule has 6 heteroatoms. The third-order valence-electron chi connectivity index (χ3n) is 1.47. The van der Waals surface area contributed by atoms with Crippen molar-refractivity contribution in [3.8, 4) is 0 Å². The van der Waals surface area contributed by atoms with Crippen LogP contribution in [0.1, 0.15) is 20.3 Å². The highest BCUT2D eigenvalue weighted by Crippen LogP contribution is 1.84. The molecule has 2 amide bonds. The number of carbonyl (C=O) groups excluding carboxylic acids is 2. The Balaban J connectivity index is 3.65. The minimum Gasteiger partial charge on any atom is -0.480 e. The highest BCUT2D eigenvalue weighted by atomic mass is 16.4. The van der Waals surface area contributed by atoms with E-state index in [2.05, 4.69) is 10.6 Å². The number of amides is 2. The fourth-order valence-corrected chi connectivity index (χ4v) is 0.727. The molecular weight excluding hydrogens is 188 g/mol. The molecule has 80 valence electrons. The number of rotatable bonds is 5. The molecule has 0 aromatic heterocycles. The van der Waals surface area contributed by atoms with Crippen LogP contribution in [0.2, 0.25) is 0 Å². The van der Waals surface area contributed by atoms with Crippen LogP contribution < -0.4 is 10.6 Å². The van der Waals surface area contributed by atoms with Crippen molar-refractivity contribution >= 4 is 17.8 Å². The molecule has 0 aliphatic rings. The topological polar surface area (TPSA) is 95.5 Å². The molecule has 0 aromatic rings. The van der Waals surface area contributed by atoms with Gasteiger partial charge in [0.05, 0.1) is 0 Å².